The molecule has 2 aromatic rings. The summed E-state index contributed by atoms with van der Waals surface area (Å²) in [7, 11) is 2.00. The van der Waals surface area contributed by atoms with Crippen molar-refractivity contribution in [3.63, 3.8) is 0 Å². The zero-order chi connectivity index (χ0) is 13.0. The van der Waals surface area contributed by atoms with Crippen LogP contribution in [0, 0.1) is 6.92 Å². The van der Waals surface area contributed by atoms with E-state index in [4.69, 9.17) is 0 Å². The van der Waals surface area contributed by atoms with Crippen LogP contribution in [0.25, 0.3) is 0 Å². The van der Waals surface area contributed by atoms with Crippen LogP contribution >= 0.6 is 11.3 Å². The molecule has 1 aromatic heterocycles. The lowest BCUT2D eigenvalue weighted by Crippen LogP contribution is -2.19. The van der Waals surface area contributed by atoms with Crippen molar-refractivity contribution in [2.24, 2.45) is 0 Å². The van der Waals surface area contributed by atoms with Crippen LogP contribution in [0.2, 0.25) is 0 Å². The fraction of sp³-hybridized carbons (Fsp3) is 0.400. The zero-order valence-corrected chi connectivity index (χ0v) is 12.1. The average Bonchev–Trinajstić information content (AvgIpc) is 2.83. The van der Waals surface area contributed by atoms with Crippen molar-refractivity contribution < 1.29 is 0 Å². The second-order valence-electron chi connectivity index (χ2n) is 4.51. The molecule has 0 aliphatic rings. The van der Waals surface area contributed by atoms with E-state index in [1.165, 1.54) is 11.1 Å². The quantitative estimate of drug-likeness (QED) is 0.889. The molecule has 0 bridgehead atoms. The Morgan fingerprint density at radius 2 is 1.89 bits per heavy atom. The molecule has 0 spiro atoms. The second-order valence-corrected chi connectivity index (χ2v) is 5.57. The van der Waals surface area contributed by atoms with Crippen molar-refractivity contribution >= 4 is 11.3 Å². The van der Waals surface area contributed by atoms with Gasteiger partial charge < -0.3 is 5.32 Å². The van der Waals surface area contributed by atoms with Gasteiger partial charge in [-0.2, -0.15) is 0 Å². The van der Waals surface area contributed by atoms with Gasteiger partial charge in [-0.25, -0.2) is 4.98 Å². The van der Waals surface area contributed by atoms with Gasteiger partial charge in [0.25, 0.3) is 0 Å². The first-order valence-electron chi connectivity index (χ1n) is 6.40. The van der Waals surface area contributed by atoms with E-state index in [1.807, 2.05) is 7.05 Å². The summed E-state index contributed by atoms with van der Waals surface area (Å²) in [5, 5.41) is 6.63. The SMILES string of the molecule is CCc1ccc(CC(NC)c2csc(C)n2)cc1. The molecule has 1 unspecified atom stereocenters. The van der Waals surface area contributed by atoms with E-state index < -0.39 is 0 Å². The number of hydrogen-bond acceptors (Lipinski definition) is 3. The smallest absolute Gasteiger partial charge is 0.0898 e. The fourth-order valence-electron chi connectivity index (χ4n) is 2.04. The molecule has 3 heteroatoms. The number of nitrogens with one attached hydrogen (secondary N) is 1. The van der Waals surface area contributed by atoms with Crippen molar-refractivity contribution in [3.8, 4) is 0 Å². The lowest BCUT2D eigenvalue weighted by Gasteiger charge is -2.14. The largest absolute Gasteiger partial charge is 0.311 e. The standard InChI is InChI=1S/C15H20N2S/c1-4-12-5-7-13(8-6-12)9-14(16-3)15-10-18-11(2)17-15/h5-8,10,14,16H,4,9H2,1-3H3. The highest BCUT2D eigenvalue weighted by Gasteiger charge is 2.12. The summed E-state index contributed by atoms with van der Waals surface area (Å²) >= 11 is 1.71. The molecule has 0 fully saturated rings. The molecule has 18 heavy (non-hydrogen) atoms. The summed E-state index contributed by atoms with van der Waals surface area (Å²) in [5.74, 6) is 0. The summed E-state index contributed by atoms with van der Waals surface area (Å²) in [6, 6.07) is 9.19. The molecular formula is C15H20N2S. The van der Waals surface area contributed by atoms with Crippen molar-refractivity contribution in [1.29, 1.82) is 0 Å². The minimum absolute atomic E-state index is 0.308. The Balaban J connectivity index is 2.10. The lowest BCUT2D eigenvalue weighted by molar-refractivity contribution is 0.578. The van der Waals surface area contributed by atoms with Gasteiger partial charge in [0.05, 0.1) is 16.7 Å². The number of likely N-dealkylation sites (N-methyl/N-ethyl adjacent to an activating group) is 1. The maximum absolute atomic E-state index is 4.57. The van der Waals surface area contributed by atoms with Crippen molar-refractivity contribution in [2.75, 3.05) is 7.05 Å². The lowest BCUT2D eigenvalue weighted by atomic mass is 10.0. The highest BCUT2D eigenvalue weighted by atomic mass is 32.1. The minimum atomic E-state index is 0.308. The summed E-state index contributed by atoms with van der Waals surface area (Å²) in [6.07, 6.45) is 2.09. The fourth-order valence-corrected chi connectivity index (χ4v) is 2.71. The zero-order valence-electron chi connectivity index (χ0n) is 11.2. The van der Waals surface area contributed by atoms with Crippen LogP contribution in [-0.4, -0.2) is 12.0 Å². The van der Waals surface area contributed by atoms with Gasteiger partial charge in [0, 0.05) is 5.38 Å². The van der Waals surface area contributed by atoms with Gasteiger partial charge in [-0.1, -0.05) is 31.2 Å². The average molecular weight is 260 g/mol. The Kier molecular flexibility index (Phi) is 4.50. The molecule has 0 amide bonds. The number of aryl methyl sites for hydroxylation is 2. The van der Waals surface area contributed by atoms with Gasteiger partial charge in [0.1, 0.15) is 0 Å². The molecule has 0 aliphatic carbocycles. The molecule has 0 saturated heterocycles. The van der Waals surface area contributed by atoms with Crippen LogP contribution in [0.1, 0.15) is 34.8 Å². The molecule has 1 atom stereocenters. The molecule has 0 aliphatic heterocycles. The number of hydrogen-bond donors (Lipinski definition) is 1. The van der Waals surface area contributed by atoms with E-state index in [0.29, 0.717) is 6.04 Å². The van der Waals surface area contributed by atoms with Gasteiger partial charge >= 0.3 is 0 Å². The Hall–Kier alpha value is -1.19. The summed E-state index contributed by atoms with van der Waals surface area (Å²) in [4.78, 5) is 4.57. The Morgan fingerprint density at radius 1 is 1.22 bits per heavy atom. The third-order valence-electron chi connectivity index (χ3n) is 3.21. The number of nitrogens with zero attached hydrogens (tertiary/aromatic N) is 1. The number of benzene rings is 1. The van der Waals surface area contributed by atoms with Crippen molar-refractivity contribution in [3.05, 3.63) is 51.5 Å². The molecule has 0 radical (unpaired) electrons. The Labute approximate surface area is 113 Å². The van der Waals surface area contributed by atoms with Crippen LogP contribution in [0.5, 0.6) is 0 Å². The first-order valence-corrected chi connectivity index (χ1v) is 7.28. The predicted molar refractivity (Wildman–Crippen MR) is 78.2 cm³/mol. The van der Waals surface area contributed by atoms with Crippen LogP contribution in [0.4, 0.5) is 0 Å². The first-order chi connectivity index (χ1) is 8.72. The third-order valence-corrected chi connectivity index (χ3v) is 4.01. The summed E-state index contributed by atoms with van der Waals surface area (Å²) < 4.78 is 0. The Bertz CT molecular complexity index is 487. The molecule has 2 rings (SSSR count). The van der Waals surface area contributed by atoms with Gasteiger partial charge in [0.15, 0.2) is 0 Å². The predicted octanol–water partition coefficient (Wildman–Crippen LogP) is 3.52. The summed E-state index contributed by atoms with van der Waals surface area (Å²) in [6.45, 7) is 4.24. The van der Waals surface area contributed by atoms with E-state index in [2.05, 4.69) is 53.8 Å². The molecular weight excluding hydrogens is 240 g/mol. The topological polar surface area (TPSA) is 24.9 Å². The van der Waals surface area contributed by atoms with E-state index in [9.17, 15) is 0 Å². The molecule has 1 N–H and O–H groups in total. The molecule has 96 valence electrons. The van der Waals surface area contributed by atoms with E-state index in [-0.39, 0.29) is 0 Å². The van der Waals surface area contributed by atoms with Crippen LogP contribution < -0.4 is 5.32 Å². The second kappa shape index (κ2) is 6.12. The number of rotatable bonds is 5. The van der Waals surface area contributed by atoms with Gasteiger partial charge in [-0.15, -0.1) is 11.3 Å². The van der Waals surface area contributed by atoms with E-state index >= 15 is 0 Å². The highest BCUT2D eigenvalue weighted by Crippen LogP contribution is 2.20. The third kappa shape index (κ3) is 3.18. The van der Waals surface area contributed by atoms with Crippen LogP contribution in [-0.2, 0) is 12.8 Å². The molecule has 0 saturated carbocycles. The molecule has 1 heterocycles. The molecule has 2 nitrogen and oxygen atoms in total. The minimum Gasteiger partial charge on any atom is -0.311 e. The van der Waals surface area contributed by atoms with Crippen LogP contribution in [0.3, 0.4) is 0 Å². The Morgan fingerprint density at radius 3 is 2.39 bits per heavy atom. The maximum atomic E-state index is 4.57. The van der Waals surface area contributed by atoms with Crippen LogP contribution in [0.15, 0.2) is 29.6 Å². The number of thiazole rings is 1. The molecule has 1 aromatic carbocycles. The number of aromatic nitrogens is 1. The monoisotopic (exact) mass is 260 g/mol. The van der Waals surface area contributed by atoms with E-state index in [1.54, 1.807) is 11.3 Å². The highest BCUT2D eigenvalue weighted by molar-refractivity contribution is 7.09. The van der Waals surface area contributed by atoms with Gasteiger partial charge in [-0.3, -0.25) is 0 Å². The normalized spacial score (nSPS) is 12.6. The van der Waals surface area contributed by atoms with E-state index in [0.717, 1.165) is 23.5 Å². The van der Waals surface area contributed by atoms with Crippen molar-refractivity contribution in [1.82, 2.24) is 10.3 Å². The maximum Gasteiger partial charge on any atom is 0.0898 e. The first kappa shape index (κ1) is 13.2. The van der Waals surface area contributed by atoms with Gasteiger partial charge in [0.2, 0.25) is 0 Å². The van der Waals surface area contributed by atoms with Crippen molar-refractivity contribution in [2.45, 2.75) is 32.7 Å². The van der Waals surface area contributed by atoms with Gasteiger partial charge in [-0.05, 0) is 37.9 Å². The summed E-state index contributed by atoms with van der Waals surface area (Å²) in [5.41, 5.74) is 3.90.